The molecule has 1 fully saturated rings. The van der Waals surface area contributed by atoms with Crippen LogP contribution in [0.1, 0.15) is 5.56 Å². The first-order valence-corrected chi connectivity index (χ1v) is 9.96. The first kappa shape index (κ1) is 19.7. The van der Waals surface area contributed by atoms with Gasteiger partial charge in [0, 0.05) is 32.2 Å². The fraction of sp³-hybridized carbons (Fsp3) is 0.261. The number of rotatable bonds is 6. The van der Waals surface area contributed by atoms with Gasteiger partial charge in [0.15, 0.2) is 12.4 Å². The topological polar surface area (TPSA) is 67.8 Å². The van der Waals surface area contributed by atoms with Crippen LogP contribution in [0.2, 0.25) is 0 Å². The average Bonchev–Trinajstić information content (AvgIpc) is 2.80. The van der Waals surface area contributed by atoms with Crippen molar-refractivity contribution < 1.29 is 14.3 Å². The van der Waals surface area contributed by atoms with Gasteiger partial charge < -0.3 is 19.3 Å². The standard InChI is InChI=1S/C23H24N4O3/c1-18-7-9-19(10-8-18)29-17-23(28)27-15-13-26(14-16-27)21-11-12-22(25-24-21)30-20-5-3-2-4-6-20/h2-12H,13-17H2,1H3. The van der Waals surface area contributed by atoms with Crippen molar-refractivity contribution in [1.82, 2.24) is 15.1 Å². The Morgan fingerprint density at radius 2 is 1.60 bits per heavy atom. The summed E-state index contributed by atoms with van der Waals surface area (Å²) < 4.78 is 11.3. The monoisotopic (exact) mass is 404 g/mol. The molecule has 0 spiro atoms. The smallest absolute Gasteiger partial charge is 0.260 e. The van der Waals surface area contributed by atoms with Gasteiger partial charge in [0.1, 0.15) is 11.5 Å². The summed E-state index contributed by atoms with van der Waals surface area (Å²) >= 11 is 0. The maximum Gasteiger partial charge on any atom is 0.260 e. The molecule has 0 bridgehead atoms. The second kappa shape index (κ2) is 9.26. The SMILES string of the molecule is Cc1ccc(OCC(=O)N2CCN(c3ccc(Oc4ccccc4)nn3)CC2)cc1. The molecule has 1 aliphatic rings. The molecular formula is C23H24N4O3. The van der Waals surface area contributed by atoms with Crippen molar-refractivity contribution >= 4 is 11.7 Å². The van der Waals surface area contributed by atoms with Crippen LogP contribution in [0.3, 0.4) is 0 Å². The van der Waals surface area contributed by atoms with Gasteiger partial charge in [-0.15, -0.1) is 10.2 Å². The third kappa shape index (κ3) is 5.05. The second-order valence-electron chi connectivity index (χ2n) is 7.11. The van der Waals surface area contributed by atoms with E-state index in [4.69, 9.17) is 9.47 Å². The van der Waals surface area contributed by atoms with Crippen molar-refractivity contribution in [2.24, 2.45) is 0 Å². The molecule has 1 amide bonds. The Hall–Kier alpha value is -3.61. The number of carbonyl (C=O) groups is 1. The molecule has 2 aromatic carbocycles. The third-order valence-corrected chi connectivity index (χ3v) is 4.93. The van der Waals surface area contributed by atoms with Gasteiger partial charge in [0.2, 0.25) is 5.88 Å². The van der Waals surface area contributed by atoms with Crippen LogP contribution in [0.5, 0.6) is 17.4 Å². The Bertz CT molecular complexity index is 954. The molecule has 3 aromatic rings. The van der Waals surface area contributed by atoms with E-state index in [2.05, 4.69) is 15.1 Å². The number of amides is 1. The van der Waals surface area contributed by atoms with Crippen LogP contribution in [-0.2, 0) is 4.79 Å². The van der Waals surface area contributed by atoms with Crippen molar-refractivity contribution in [3.8, 4) is 17.4 Å². The molecule has 0 atom stereocenters. The maximum absolute atomic E-state index is 12.4. The zero-order valence-electron chi connectivity index (χ0n) is 16.9. The zero-order valence-corrected chi connectivity index (χ0v) is 16.9. The number of anilines is 1. The van der Waals surface area contributed by atoms with Crippen LogP contribution >= 0.6 is 0 Å². The number of benzene rings is 2. The summed E-state index contributed by atoms with van der Waals surface area (Å²) in [5.74, 6) is 2.65. The molecule has 0 aliphatic carbocycles. The lowest BCUT2D eigenvalue weighted by molar-refractivity contribution is -0.133. The van der Waals surface area contributed by atoms with Crippen LogP contribution in [0, 0.1) is 6.92 Å². The number of aryl methyl sites for hydroxylation is 1. The van der Waals surface area contributed by atoms with E-state index in [1.807, 2.05) is 78.6 Å². The van der Waals surface area contributed by atoms with Gasteiger partial charge in [-0.3, -0.25) is 4.79 Å². The van der Waals surface area contributed by atoms with Crippen LogP contribution in [0.25, 0.3) is 0 Å². The van der Waals surface area contributed by atoms with Crippen molar-refractivity contribution in [3.63, 3.8) is 0 Å². The highest BCUT2D eigenvalue weighted by atomic mass is 16.5. The van der Waals surface area contributed by atoms with Crippen LogP contribution in [0.15, 0.2) is 66.7 Å². The van der Waals surface area contributed by atoms with E-state index in [-0.39, 0.29) is 12.5 Å². The van der Waals surface area contributed by atoms with Gasteiger partial charge in [-0.1, -0.05) is 35.9 Å². The van der Waals surface area contributed by atoms with Crippen LogP contribution in [-0.4, -0.2) is 53.8 Å². The Morgan fingerprint density at radius 1 is 0.867 bits per heavy atom. The summed E-state index contributed by atoms with van der Waals surface area (Å²) in [6, 6.07) is 20.9. The molecule has 1 aromatic heterocycles. The predicted octanol–water partition coefficient (Wildman–Crippen LogP) is 3.30. The Kier molecular flexibility index (Phi) is 6.08. The Balaban J connectivity index is 1.25. The highest BCUT2D eigenvalue weighted by molar-refractivity contribution is 5.78. The maximum atomic E-state index is 12.4. The largest absolute Gasteiger partial charge is 0.484 e. The quantitative estimate of drug-likeness (QED) is 0.628. The fourth-order valence-electron chi connectivity index (χ4n) is 3.20. The van der Waals surface area contributed by atoms with E-state index in [9.17, 15) is 4.79 Å². The van der Waals surface area contributed by atoms with E-state index in [1.165, 1.54) is 0 Å². The predicted molar refractivity (Wildman–Crippen MR) is 114 cm³/mol. The molecule has 7 heteroatoms. The second-order valence-corrected chi connectivity index (χ2v) is 7.11. The van der Waals surface area contributed by atoms with Gasteiger partial charge in [-0.25, -0.2) is 0 Å². The number of aromatic nitrogens is 2. The third-order valence-electron chi connectivity index (χ3n) is 4.93. The van der Waals surface area contributed by atoms with E-state index in [1.54, 1.807) is 0 Å². The van der Waals surface area contributed by atoms with Gasteiger partial charge in [-0.2, -0.15) is 0 Å². The lowest BCUT2D eigenvalue weighted by Gasteiger charge is -2.35. The minimum absolute atomic E-state index is 0.00656. The van der Waals surface area contributed by atoms with Gasteiger partial charge >= 0.3 is 0 Å². The molecule has 0 radical (unpaired) electrons. The number of nitrogens with zero attached hydrogens (tertiary/aromatic N) is 4. The van der Waals surface area contributed by atoms with Crippen LogP contribution < -0.4 is 14.4 Å². The normalized spacial score (nSPS) is 13.8. The summed E-state index contributed by atoms with van der Waals surface area (Å²) in [6.07, 6.45) is 0. The molecule has 30 heavy (non-hydrogen) atoms. The number of hydrogen-bond acceptors (Lipinski definition) is 6. The molecule has 0 saturated carbocycles. The Labute approximate surface area is 175 Å². The first-order chi connectivity index (χ1) is 14.7. The minimum atomic E-state index is -0.00656. The lowest BCUT2D eigenvalue weighted by atomic mass is 10.2. The van der Waals surface area contributed by atoms with Crippen molar-refractivity contribution in [2.75, 3.05) is 37.7 Å². The lowest BCUT2D eigenvalue weighted by Crippen LogP contribution is -2.50. The number of para-hydroxylation sites is 1. The fourth-order valence-corrected chi connectivity index (χ4v) is 3.20. The summed E-state index contributed by atoms with van der Waals surface area (Å²) in [7, 11) is 0. The van der Waals surface area contributed by atoms with Gasteiger partial charge in [0.05, 0.1) is 0 Å². The number of hydrogen-bond donors (Lipinski definition) is 0. The molecule has 1 aliphatic heterocycles. The highest BCUT2D eigenvalue weighted by Crippen LogP contribution is 2.20. The highest BCUT2D eigenvalue weighted by Gasteiger charge is 2.22. The zero-order chi connectivity index (χ0) is 20.8. The molecule has 154 valence electrons. The van der Waals surface area contributed by atoms with E-state index >= 15 is 0 Å². The van der Waals surface area contributed by atoms with E-state index < -0.39 is 0 Å². The van der Waals surface area contributed by atoms with Crippen LogP contribution in [0.4, 0.5) is 5.82 Å². The average molecular weight is 404 g/mol. The van der Waals surface area contributed by atoms with Crippen molar-refractivity contribution in [3.05, 3.63) is 72.3 Å². The molecular weight excluding hydrogens is 380 g/mol. The molecule has 7 nitrogen and oxygen atoms in total. The van der Waals surface area contributed by atoms with Gasteiger partial charge in [0.25, 0.3) is 5.91 Å². The molecule has 0 N–H and O–H groups in total. The molecule has 2 heterocycles. The number of carbonyl (C=O) groups excluding carboxylic acids is 1. The molecule has 4 rings (SSSR count). The first-order valence-electron chi connectivity index (χ1n) is 9.96. The minimum Gasteiger partial charge on any atom is -0.484 e. The Morgan fingerprint density at radius 3 is 2.27 bits per heavy atom. The van der Waals surface area contributed by atoms with Crippen molar-refractivity contribution in [1.29, 1.82) is 0 Å². The molecule has 0 unspecified atom stereocenters. The van der Waals surface area contributed by atoms with E-state index in [0.29, 0.717) is 37.8 Å². The summed E-state index contributed by atoms with van der Waals surface area (Å²) in [6.45, 7) is 4.71. The van der Waals surface area contributed by atoms with Gasteiger partial charge in [-0.05, 0) is 37.3 Å². The van der Waals surface area contributed by atoms with E-state index in [0.717, 1.165) is 17.1 Å². The summed E-state index contributed by atoms with van der Waals surface area (Å²) in [4.78, 5) is 16.4. The van der Waals surface area contributed by atoms with Crippen molar-refractivity contribution in [2.45, 2.75) is 6.92 Å². The molecule has 1 saturated heterocycles. The number of ether oxygens (including phenoxy) is 2. The summed E-state index contributed by atoms with van der Waals surface area (Å²) in [5.41, 5.74) is 1.16. The number of piperazine rings is 1. The summed E-state index contributed by atoms with van der Waals surface area (Å²) in [5, 5.41) is 8.43.